The van der Waals surface area contributed by atoms with E-state index in [0.29, 0.717) is 29.3 Å². The van der Waals surface area contributed by atoms with Crippen LogP contribution in [0.1, 0.15) is 24.0 Å². The second-order valence-electron chi connectivity index (χ2n) is 6.20. The summed E-state index contributed by atoms with van der Waals surface area (Å²) in [5.41, 5.74) is 3.55. The molecular weight excluding hydrogens is 330 g/mol. The number of carbonyl (C=O) groups is 2. The third kappa shape index (κ3) is 3.59. The minimum absolute atomic E-state index is 0.118. The number of ether oxygens (including phenoxy) is 1. The molecule has 0 saturated carbocycles. The zero-order valence-electron chi connectivity index (χ0n) is 15.1. The maximum Gasteiger partial charge on any atom is 0.271 e. The van der Waals surface area contributed by atoms with Gasteiger partial charge in [-0.3, -0.25) is 9.59 Å². The van der Waals surface area contributed by atoms with Crippen LogP contribution in [0.5, 0.6) is 5.75 Å². The number of benzene rings is 2. The maximum atomic E-state index is 12.6. The Morgan fingerprint density at radius 2 is 1.92 bits per heavy atom. The van der Waals surface area contributed by atoms with Crippen molar-refractivity contribution in [1.29, 1.82) is 0 Å². The lowest BCUT2D eigenvalue weighted by Crippen LogP contribution is -2.36. The second kappa shape index (κ2) is 7.39. The molecule has 2 amide bonds. The molecule has 0 atom stereocenters. The lowest BCUT2D eigenvalue weighted by atomic mass is 10.1. The minimum atomic E-state index is -0.336. The third-order valence-corrected chi connectivity index (χ3v) is 4.24. The van der Waals surface area contributed by atoms with Gasteiger partial charge in [-0.1, -0.05) is 24.3 Å². The Hall–Kier alpha value is -3.15. The Kier molecular flexibility index (Phi) is 5.02. The fourth-order valence-electron chi connectivity index (χ4n) is 2.79. The van der Waals surface area contributed by atoms with Gasteiger partial charge >= 0.3 is 0 Å². The van der Waals surface area contributed by atoms with Crippen LogP contribution in [0.3, 0.4) is 0 Å². The molecule has 0 aliphatic carbocycles. The molecule has 6 heteroatoms. The van der Waals surface area contributed by atoms with Crippen LogP contribution in [-0.2, 0) is 9.59 Å². The Bertz CT molecular complexity index is 890. The van der Waals surface area contributed by atoms with E-state index >= 15 is 0 Å². The number of anilines is 2. The number of aryl methyl sites for hydroxylation is 2. The Morgan fingerprint density at radius 1 is 1.15 bits per heavy atom. The summed E-state index contributed by atoms with van der Waals surface area (Å²) >= 11 is 0. The second-order valence-corrected chi connectivity index (χ2v) is 6.20. The maximum absolute atomic E-state index is 12.6. The molecule has 134 valence electrons. The summed E-state index contributed by atoms with van der Waals surface area (Å²) < 4.78 is 5.25. The van der Waals surface area contributed by atoms with Gasteiger partial charge in [-0.25, -0.2) is 5.01 Å². The van der Waals surface area contributed by atoms with Crippen molar-refractivity contribution in [2.24, 2.45) is 5.10 Å². The highest BCUT2D eigenvalue weighted by molar-refractivity contribution is 6.44. The first-order valence-corrected chi connectivity index (χ1v) is 8.41. The van der Waals surface area contributed by atoms with Crippen molar-refractivity contribution in [2.45, 2.75) is 26.7 Å². The fourth-order valence-corrected chi connectivity index (χ4v) is 2.79. The van der Waals surface area contributed by atoms with Crippen LogP contribution in [0.25, 0.3) is 0 Å². The van der Waals surface area contributed by atoms with Crippen molar-refractivity contribution in [1.82, 2.24) is 0 Å². The van der Waals surface area contributed by atoms with Gasteiger partial charge in [0.05, 0.1) is 18.5 Å². The molecule has 0 aromatic heterocycles. The summed E-state index contributed by atoms with van der Waals surface area (Å²) in [6, 6.07) is 13.0. The van der Waals surface area contributed by atoms with Crippen LogP contribution in [0.15, 0.2) is 47.6 Å². The van der Waals surface area contributed by atoms with Crippen LogP contribution < -0.4 is 15.1 Å². The van der Waals surface area contributed by atoms with E-state index in [1.165, 1.54) is 5.01 Å². The van der Waals surface area contributed by atoms with Crippen LogP contribution in [0.2, 0.25) is 0 Å². The molecule has 0 spiro atoms. The van der Waals surface area contributed by atoms with Gasteiger partial charge in [0.1, 0.15) is 11.5 Å². The Morgan fingerprint density at radius 3 is 2.69 bits per heavy atom. The summed E-state index contributed by atoms with van der Waals surface area (Å²) in [6.45, 7) is 3.87. The number of nitrogens with zero attached hydrogens (tertiary/aromatic N) is 2. The van der Waals surface area contributed by atoms with E-state index in [4.69, 9.17) is 4.74 Å². The first-order chi connectivity index (χ1) is 12.5. The highest BCUT2D eigenvalue weighted by Gasteiger charge is 2.27. The van der Waals surface area contributed by atoms with Gasteiger partial charge in [-0.05, 0) is 43.2 Å². The minimum Gasteiger partial charge on any atom is -0.495 e. The number of hydrazone groups is 1. The predicted molar refractivity (Wildman–Crippen MR) is 102 cm³/mol. The first-order valence-electron chi connectivity index (χ1n) is 8.41. The predicted octanol–water partition coefficient (Wildman–Crippen LogP) is 3.43. The lowest BCUT2D eigenvalue weighted by molar-refractivity contribution is -0.118. The van der Waals surface area contributed by atoms with E-state index in [9.17, 15) is 9.59 Å². The summed E-state index contributed by atoms with van der Waals surface area (Å²) in [7, 11) is 1.55. The van der Waals surface area contributed by atoms with E-state index in [2.05, 4.69) is 10.4 Å². The van der Waals surface area contributed by atoms with Crippen molar-refractivity contribution in [3.8, 4) is 5.75 Å². The molecule has 1 heterocycles. The Labute approximate surface area is 152 Å². The molecule has 1 aliphatic heterocycles. The molecule has 0 radical (unpaired) electrons. The topological polar surface area (TPSA) is 71.0 Å². The van der Waals surface area contributed by atoms with Crippen LogP contribution >= 0.6 is 0 Å². The van der Waals surface area contributed by atoms with Crippen molar-refractivity contribution < 1.29 is 14.3 Å². The van der Waals surface area contributed by atoms with Crippen molar-refractivity contribution >= 4 is 28.9 Å². The summed E-state index contributed by atoms with van der Waals surface area (Å²) in [5.74, 6) is 0.115. The van der Waals surface area contributed by atoms with E-state index in [-0.39, 0.29) is 18.2 Å². The van der Waals surface area contributed by atoms with Crippen LogP contribution in [0.4, 0.5) is 11.4 Å². The van der Waals surface area contributed by atoms with E-state index in [1.807, 2.05) is 44.2 Å². The van der Waals surface area contributed by atoms with Crippen molar-refractivity contribution in [2.75, 3.05) is 17.4 Å². The molecule has 3 rings (SSSR count). The zero-order chi connectivity index (χ0) is 18.7. The number of amides is 2. The smallest absolute Gasteiger partial charge is 0.271 e. The number of methoxy groups -OCH3 is 1. The largest absolute Gasteiger partial charge is 0.495 e. The molecule has 1 aliphatic rings. The molecule has 0 unspecified atom stereocenters. The number of para-hydroxylation sites is 2. The average Bonchev–Trinajstić information content (AvgIpc) is 2.64. The summed E-state index contributed by atoms with van der Waals surface area (Å²) in [5, 5.41) is 8.48. The van der Waals surface area contributed by atoms with Gasteiger partial charge in [0.25, 0.3) is 5.91 Å². The van der Waals surface area contributed by atoms with Gasteiger partial charge in [0, 0.05) is 12.8 Å². The van der Waals surface area contributed by atoms with Gasteiger partial charge in [-0.2, -0.15) is 5.10 Å². The molecule has 26 heavy (non-hydrogen) atoms. The van der Waals surface area contributed by atoms with Crippen molar-refractivity contribution in [3.63, 3.8) is 0 Å². The average molecular weight is 351 g/mol. The molecule has 1 N–H and O–H groups in total. The van der Waals surface area contributed by atoms with E-state index in [1.54, 1.807) is 19.2 Å². The van der Waals surface area contributed by atoms with Crippen LogP contribution in [0, 0.1) is 13.8 Å². The third-order valence-electron chi connectivity index (χ3n) is 4.24. The molecule has 6 nitrogen and oxygen atoms in total. The normalized spacial score (nSPS) is 14.0. The standard InChI is InChI=1S/C20H21N3O3/c1-13-8-9-14(2)17(12-13)23-19(24)11-10-16(22-23)20(25)21-15-6-4-5-7-18(15)26-3/h4-9,12H,10-11H2,1-3H3,(H,21,25). The number of hydrogen-bond acceptors (Lipinski definition) is 4. The Balaban J connectivity index is 1.88. The number of hydrogen-bond donors (Lipinski definition) is 1. The monoisotopic (exact) mass is 351 g/mol. The number of carbonyl (C=O) groups excluding carboxylic acids is 2. The zero-order valence-corrected chi connectivity index (χ0v) is 15.1. The number of rotatable bonds is 4. The lowest BCUT2D eigenvalue weighted by Gasteiger charge is -2.25. The quantitative estimate of drug-likeness (QED) is 0.917. The van der Waals surface area contributed by atoms with Gasteiger partial charge < -0.3 is 10.1 Å². The molecular formula is C20H21N3O3. The molecule has 0 bridgehead atoms. The van der Waals surface area contributed by atoms with E-state index < -0.39 is 0 Å². The van der Waals surface area contributed by atoms with Gasteiger partial charge in [0.15, 0.2) is 0 Å². The highest BCUT2D eigenvalue weighted by Crippen LogP contribution is 2.27. The fraction of sp³-hybridized carbons (Fsp3) is 0.250. The molecule has 0 saturated heterocycles. The highest BCUT2D eigenvalue weighted by atomic mass is 16.5. The van der Waals surface area contributed by atoms with E-state index in [0.717, 1.165) is 11.1 Å². The summed E-state index contributed by atoms with van der Waals surface area (Å²) in [4.78, 5) is 25.0. The number of nitrogens with one attached hydrogen (secondary N) is 1. The molecule has 0 fully saturated rings. The van der Waals surface area contributed by atoms with Crippen LogP contribution in [-0.4, -0.2) is 24.6 Å². The van der Waals surface area contributed by atoms with Gasteiger partial charge in [-0.15, -0.1) is 0 Å². The summed E-state index contributed by atoms with van der Waals surface area (Å²) in [6.07, 6.45) is 0.548. The molecule has 2 aromatic rings. The SMILES string of the molecule is COc1ccccc1NC(=O)C1=NN(c2cc(C)ccc2C)C(=O)CC1. The van der Waals surface area contributed by atoms with Crippen molar-refractivity contribution in [3.05, 3.63) is 53.6 Å². The first kappa shape index (κ1) is 17.7. The molecule has 2 aromatic carbocycles. The van der Waals surface area contributed by atoms with Gasteiger partial charge in [0.2, 0.25) is 5.91 Å².